The Labute approximate surface area is 191 Å². The Morgan fingerprint density at radius 3 is 2.47 bits per heavy atom. The highest BCUT2D eigenvalue weighted by molar-refractivity contribution is 5.86. The molecule has 1 N–H and O–H groups in total. The first-order valence-corrected chi connectivity index (χ1v) is 10.3. The third-order valence-corrected chi connectivity index (χ3v) is 5.41. The zero-order valence-corrected chi connectivity index (χ0v) is 17.8. The molecular weight excluding hydrogens is 452 g/mol. The number of hydrogen-bond acceptors (Lipinski definition) is 4. The van der Waals surface area contributed by atoms with Crippen molar-refractivity contribution >= 4 is 16.9 Å². The number of carbonyl (C=O) groups is 1. The largest absolute Gasteiger partial charge is 0.422 e. The van der Waals surface area contributed by atoms with E-state index >= 15 is 0 Å². The molecule has 0 fully saturated rings. The first kappa shape index (κ1) is 23.2. The van der Waals surface area contributed by atoms with Crippen LogP contribution in [0.3, 0.4) is 0 Å². The van der Waals surface area contributed by atoms with E-state index in [1.807, 2.05) is 0 Å². The number of benzene rings is 2. The third-order valence-electron chi connectivity index (χ3n) is 5.41. The fourth-order valence-corrected chi connectivity index (χ4v) is 3.71. The summed E-state index contributed by atoms with van der Waals surface area (Å²) in [4.78, 5) is 29.7. The number of nitrogens with one attached hydrogen (secondary N) is 1. The molecule has 0 saturated carbocycles. The topological polar surface area (TPSA) is 72.2 Å². The minimum atomic E-state index is -1.22. The van der Waals surface area contributed by atoms with Crippen LogP contribution in [-0.2, 0) is 11.2 Å². The molecule has 9 heteroatoms. The smallest absolute Gasteiger partial charge is 0.340 e. The molecule has 174 valence electrons. The predicted octanol–water partition coefficient (Wildman–Crippen LogP) is 4.95. The lowest BCUT2D eigenvalue weighted by Gasteiger charge is -2.20. The molecule has 4 aromatic rings. The van der Waals surface area contributed by atoms with E-state index in [0.29, 0.717) is 11.6 Å². The monoisotopic (exact) mass is 470 g/mol. The fraction of sp³-hybridized carbons (Fsp3) is 0.160. The molecule has 0 radical (unpaired) electrons. The van der Waals surface area contributed by atoms with Crippen molar-refractivity contribution in [1.29, 1.82) is 0 Å². The first-order chi connectivity index (χ1) is 16.2. The zero-order chi connectivity index (χ0) is 24.4. The van der Waals surface area contributed by atoms with E-state index in [9.17, 15) is 27.2 Å². The average molecular weight is 470 g/mol. The minimum Gasteiger partial charge on any atom is -0.422 e. The normalized spacial score (nSPS) is 13.0. The molecule has 0 bridgehead atoms. The molecule has 0 unspecified atom stereocenters. The number of pyridine rings is 1. The molecular formula is C25H18F4N2O3. The standard InChI is InChI=1S/C25H18F4N2O3/c1-13(23-20(28)10-15(26)12-30-23)31-24(32)16(9-14-5-3-2-4-6-14)17-11-18-21(34-25(17)33)8-7-19(27)22(18)29/h2-8,10-13,16H,9H2,1H3,(H,31,32)/t13-,16-/m0/s1. The lowest BCUT2D eigenvalue weighted by Crippen LogP contribution is -2.35. The number of carbonyl (C=O) groups excluding carboxylic acids is 1. The van der Waals surface area contributed by atoms with Gasteiger partial charge in [0.05, 0.1) is 34.8 Å². The SMILES string of the molecule is C[C@H](NC(=O)[C@@H](Cc1ccccc1)c1cc2c(F)c(F)ccc2oc1=O)c1ncc(F)cc1F. The molecule has 2 aromatic carbocycles. The highest BCUT2D eigenvalue weighted by atomic mass is 19.2. The van der Waals surface area contributed by atoms with Gasteiger partial charge in [0.2, 0.25) is 5.91 Å². The molecule has 0 spiro atoms. The summed E-state index contributed by atoms with van der Waals surface area (Å²) in [6.45, 7) is 1.44. The second kappa shape index (κ2) is 9.46. The highest BCUT2D eigenvalue weighted by Gasteiger charge is 2.28. The molecule has 0 aliphatic carbocycles. The van der Waals surface area contributed by atoms with E-state index in [2.05, 4.69) is 10.3 Å². The Morgan fingerprint density at radius 2 is 1.76 bits per heavy atom. The molecule has 34 heavy (non-hydrogen) atoms. The van der Waals surface area contributed by atoms with Gasteiger partial charge in [-0.25, -0.2) is 22.4 Å². The summed E-state index contributed by atoms with van der Waals surface area (Å²) in [5.74, 6) is -6.06. The van der Waals surface area contributed by atoms with Crippen LogP contribution in [0.25, 0.3) is 11.0 Å². The van der Waals surface area contributed by atoms with Crippen LogP contribution < -0.4 is 10.9 Å². The summed E-state index contributed by atoms with van der Waals surface area (Å²) in [5, 5.41) is 2.27. The van der Waals surface area contributed by atoms with Crippen molar-refractivity contribution in [2.24, 2.45) is 0 Å². The van der Waals surface area contributed by atoms with E-state index < -0.39 is 46.8 Å². The Bertz CT molecular complexity index is 1420. The van der Waals surface area contributed by atoms with Gasteiger partial charge in [-0.3, -0.25) is 9.78 Å². The summed E-state index contributed by atoms with van der Waals surface area (Å²) in [7, 11) is 0. The van der Waals surface area contributed by atoms with Crippen LogP contribution in [0.15, 0.2) is 70.0 Å². The molecule has 0 aliphatic heterocycles. The number of nitrogens with zero attached hydrogens (tertiary/aromatic N) is 1. The van der Waals surface area contributed by atoms with Gasteiger partial charge in [0.25, 0.3) is 0 Å². The number of hydrogen-bond donors (Lipinski definition) is 1. The summed E-state index contributed by atoms with van der Waals surface area (Å²) in [6, 6.07) is 11.4. The molecule has 2 atom stereocenters. The van der Waals surface area contributed by atoms with Crippen molar-refractivity contribution in [2.75, 3.05) is 0 Å². The van der Waals surface area contributed by atoms with Crippen molar-refractivity contribution in [3.63, 3.8) is 0 Å². The second-order valence-corrected chi connectivity index (χ2v) is 7.76. The summed E-state index contributed by atoms with van der Waals surface area (Å²) >= 11 is 0. The van der Waals surface area contributed by atoms with E-state index in [0.717, 1.165) is 24.4 Å². The van der Waals surface area contributed by atoms with E-state index in [1.165, 1.54) is 6.92 Å². The molecule has 4 rings (SSSR count). The van der Waals surface area contributed by atoms with Gasteiger partial charge in [0.1, 0.15) is 17.2 Å². The molecule has 2 heterocycles. The van der Waals surface area contributed by atoms with Crippen LogP contribution in [0.2, 0.25) is 0 Å². The number of fused-ring (bicyclic) bond motifs is 1. The number of halogens is 4. The van der Waals surface area contributed by atoms with Gasteiger partial charge >= 0.3 is 5.63 Å². The lowest BCUT2D eigenvalue weighted by molar-refractivity contribution is -0.123. The van der Waals surface area contributed by atoms with Gasteiger partial charge in [-0.15, -0.1) is 0 Å². The fourth-order valence-electron chi connectivity index (χ4n) is 3.71. The average Bonchev–Trinajstić information content (AvgIpc) is 2.80. The van der Waals surface area contributed by atoms with Crippen LogP contribution in [0.1, 0.15) is 35.7 Å². The van der Waals surface area contributed by atoms with Gasteiger partial charge in [-0.1, -0.05) is 30.3 Å². The minimum absolute atomic E-state index is 0.0198. The Hall–Kier alpha value is -4.01. The van der Waals surface area contributed by atoms with Gasteiger partial charge in [-0.2, -0.15) is 0 Å². The summed E-state index contributed by atoms with van der Waals surface area (Å²) < 4.78 is 60.7. The van der Waals surface area contributed by atoms with Gasteiger partial charge in [0.15, 0.2) is 11.6 Å². The van der Waals surface area contributed by atoms with Gasteiger partial charge in [0, 0.05) is 6.07 Å². The number of aromatic nitrogens is 1. The van der Waals surface area contributed by atoms with Crippen LogP contribution in [0.4, 0.5) is 17.6 Å². The maximum absolute atomic E-state index is 14.4. The summed E-state index contributed by atoms with van der Waals surface area (Å²) in [5.41, 5.74) is -0.781. The Kier molecular flexibility index (Phi) is 6.45. The third kappa shape index (κ3) is 4.68. The van der Waals surface area contributed by atoms with Crippen molar-refractivity contribution in [3.8, 4) is 0 Å². The maximum Gasteiger partial charge on any atom is 0.340 e. The van der Waals surface area contributed by atoms with E-state index in [1.54, 1.807) is 30.3 Å². The van der Waals surface area contributed by atoms with Crippen LogP contribution in [-0.4, -0.2) is 10.9 Å². The lowest BCUT2D eigenvalue weighted by atomic mass is 9.91. The molecule has 0 saturated heterocycles. The molecule has 2 aromatic heterocycles. The quantitative estimate of drug-likeness (QED) is 0.320. The van der Waals surface area contributed by atoms with Crippen LogP contribution >= 0.6 is 0 Å². The maximum atomic E-state index is 14.4. The Balaban J connectivity index is 1.75. The van der Waals surface area contributed by atoms with Crippen molar-refractivity contribution in [3.05, 3.63) is 111 Å². The van der Waals surface area contributed by atoms with Crippen LogP contribution in [0, 0.1) is 23.3 Å². The molecule has 5 nitrogen and oxygen atoms in total. The van der Waals surface area contributed by atoms with E-state index in [4.69, 9.17) is 4.42 Å². The molecule has 0 aliphatic rings. The summed E-state index contributed by atoms with van der Waals surface area (Å²) in [6.07, 6.45) is 0.837. The first-order valence-electron chi connectivity index (χ1n) is 10.3. The van der Waals surface area contributed by atoms with E-state index in [-0.39, 0.29) is 28.6 Å². The van der Waals surface area contributed by atoms with Crippen molar-refractivity contribution in [2.45, 2.75) is 25.3 Å². The van der Waals surface area contributed by atoms with Crippen molar-refractivity contribution < 1.29 is 26.8 Å². The molecule has 1 amide bonds. The number of rotatable bonds is 6. The van der Waals surface area contributed by atoms with Crippen molar-refractivity contribution in [1.82, 2.24) is 10.3 Å². The second-order valence-electron chi connectivity index (χ2n) is 7.76. The van der Waals surface area contributed by atoms with Crippen LogP contribution in [0.5, 0.6) is 0 Å². The predicted molar refractivity (Wildman–Crippen MR) is 116 cm³/mol. The van der Waals surface area contributed by atoms with Gasteiger partial charge < -0.3 is 9.73 Å². The highest BCUT2D eigenvalue weighted by Crippen LogP contribution is 2.26. The number of amides is 1. The Morgan fingerprint density at radius 1 is 1.03 bits per heavy atom. The zero-order valence-electron chi connectivity index (χ0n) is 17.8. The van der Waals surface area contributed by atoms with Gasteiger partial charge in [-0.05, 0) is 37.1 Å².